The van der Waals surface area contributed by atoms with Crippen LogP contribution in [-0.4, -0.2) is 36.1 Å². The molecular formula is C21H15F4N3O3. The van der Waals surface area contributed by atoms with Crippen molar-refractivity contribution in [2.45, 2.75) is 6.18 Å². The van der Waals surface area contributed by atoms with E-state index in [0.717, 1.165) is 12.1 Å². The van der Waals surface area contributed by atoms with E-state index in [2.05, 4.69) is 9.97 Å². The van der Waals surface area contributed by atoms with Gasteiger partial charge >= 0.3 is 6.18 Å². The van der Waals surface area contributed by atoms with Gasteiger partial charge in [-0.05, 0) is 36.4 Å². The molecule has 1 aliphatic rings. The van der Waals surface area contributed by atoms with E-state index in [1.807, 2.05) is 0 Å². The van der Waals surface area contributed by atoms with Crippen molar-refractivity contribution >= 4 is 11.6 Å². The van der Waals surface area contributed by atoms with Crippen LogP contribution in [0.4, 0.5) is 23.2 Å². The van der Waals surface area contributed by atoms with Gasteiger partial charge in [0.15, 0.2) is 5.82 Å². The minimum atomic E-state index is -4.54. The molecule has 1 aliphatic heterocycles. The average Bonchev–Trinajstić information content (AvgIpc) is 2.91. The van der Waals surface area contributed by atoms with E-state index >= 15 is 0 Å². The summed E-state index contributed by atoms with van der Waals surface area (Å²) in [5.41, 5.74) is -0.547. The van der Waals surface area contributed by atoms with E-state index in [9.17, 15) is 22.4 Å². The van der Waals surface area contributed by atoms with Crippen molar-refractivity contribution in [2.75, 3.05) is 25.2 Å². The van der Waals surface area contributed by atoms with Crippen LogP contribution < -0.4 is 14.4 Å². The molecule has 0 spiro atoms. The van der Waals surface area contributed by atoms with Gasteiger partial charge in [-0.15, -0.1) is 0 Å². The fourth-order valence-electron chi connectivity index (χ4n) is 3.18. The summed E-state index contributed by atoms with van der Waals surface area (Å²) in [7, 11) is 1.41. The third kappa shape index (κ3) is 4.00. The Morgan fingerprint density at radius 2 is 1.94 bits per heavy atom. The summed E-state index contributed by atoms with van der Waals surface area (Å²) < 4.78 is 63.7. The van der Waals surface area contributed by atoms with E-state index in [-0.39, 0.29) is 41.7 Å². The molecular weight excluding hydrogens is 418 g/mol. The molecule has 31 heavy (non-hydrogen) atoms. The lowest BCUT2D eigenvalue weighted by atomic mass is 10.1. The maximum Gasteiger partial charge on any atom is 0.416 e. The van der Waals surface area contributed by atoms with E-state index in [1.54, 1.807) is 0 Å². The van der Waals surface area contributed by atoms with Gasteiger partial charge < -0.3 is 14.4 Å². The first-order valence-corrected chi connectivity index (χ1v) is 9.11. The molecule has 10 heteroatoms. The van der Waals surface area contributed by atoms with Crippen molar-refractivity contribution in [2.24, 2.45) is 0 Å². The summed E-state index contributed by atoms with van der Waals surface area (Å²) >= 11 is 0. The molecule has 1 amide bonds. The lowest BCUT2D eigenvalue weighted by Gasteiger charge is -2.21. The summed E-state index contributed by atoms with van der Waals surface area (Å²) in [5.74, 6) is -0.773. The van der Waals surface area contributed by atoms with Crippen LogP contribution in [0.1, 0.15) is 15.9 Å². The van der Waals surface area contributed by atoms with Crippen LogP contribution in [0.25, 0.3) is 11.4 Å². The second-order valence-electron chi connectivity index (χ2n) is 6.61. The number of hydrogen-bond acceptors (Lipinski definition) is 5. The molecule has 0 fully saturated rings. The van der Waals surface area contributed by atoms with E-state index < -0.39 is 23.5 Å². The number of aromatic nitrogens is 2. The van der Waals surface area contributed by atoms with Gasteiger partial charge in [0.1, 0.15) is 23.7 Å². The van der Waals surface area contributed by atoms with Crippen LogP contribution in [0.3, 0.4) is 0 Å². The van der Waals surface area contributed by atoms with Gasteiger partial charge in [-0.1, -0.05) is 6.07 Å². The minimum absolute atomic E-state index is 0.00821. The molecule has 0 N–H and O–H groups in total. The summed E-state index contributed by atoms with van der Waals surface area (Å²) in [6, 6.07) is 8.29. The third-order valence-electron chi connectivity index (χ3n) is 4.67. The van der Waals surface area contributed by atoms with Crippen molar-refractivity contribution < 1.29 is 31.8 Å². The number of anilines is 1. The van der Waals surface area contributed by atoms with Crippen LogP contribution in [0.15, 0.2) is 48.7 Å². The van der Waals surface area contributed by atoms with Crippen LogP contribution in [0.5, 0.6) is 11.6 Å². The molecule has 0 aliphatic carbocycles. The van der Waals surface area contributed by atoms with Crippen LogP contribution in [0.2, 0.25) is 0 Å². The smallest absolute Gasteiger partial charge is 0.416 e. The normalized spacial score (nSPS) is 14.0. The van der Waals surface area contributed by atoms with Crippen molar-refractivity contribution in [3.05, 3.63) is 65.6 Å². The lowest BCUT2D eigenvalue weighted by molar-refractivity contribution is -0.137. The SMILES string of the molecule is COc1ccc(F)cc1-c1ncc2c(n1)OCCN(c1cccc(C(F)(F)F)c1)C2=O. The number of ether oxygens (including phenoxy) is 2. The largest absolute Gasteiger partial charge is 0.496 e. The maximum atomic E-state index is 13.7. The molecule has 6 nitrogen and oxygen atoms in total. The van der Waals surface area contributed by atoms with Gasteiger partial charge in [0.25, 0.3) is 5.91 Å². The van der Waals surface area contributed by atoms with Gasteiger partial charge in [0.2, 0.25) is 5.88 Å². The predicted octanol–water partition coefficient (Wildman–Crippen LogP) is 4.35. The van der Waals surface area contributed by atoms with Crippen molar-refractivity contribution in [3.63, 3.8) is 0 Å². The fourth-order valence-corrected chi connectivity index (χ4v) is 3.18. The highest BCUT2D eigenvalue weighted by Gasteiger charge is 2.32. The first-order valence-electron chi connectivity index (χ1n) is 9.11. The zero-order valence-electron chi connectivity index (χ0n) is 16.1. The second kappa shape index (κ2) is 7.86. The highest BCUT2D eigenvalue weighted by atomic mass is 19.4. The molecule has 160 valence electrons. The molecule has 0 saturated heterocycles. The molecule has 0 radical (unpaired) electrons. The van der Waals surface area contributed by atoms with Crippen molar-refractivity contribution in [1.82, 2.24) is 9.97 Å². The Labute approximate surface area is 174 Å². The molecule has 1 aromatic heterocycles. The summed E-state index contributed by atoms with van der Waals surface area (Å²) in [6.45, 7) is 0.000841. The molecule has 2 heterocycles. The maximum absolute atomic E-state index is 13.7. The minimum Gasteiger partial charge on any atom is -0.496 e. The highest BCUT2D eigenvalue weighted by Crippen LogP contribution is 2.34. The Morgan fingerprint density at radius 1 is 1.13 bits per heavy atom. The molecule has 0 unspecified atom stereocenters. The fraction of sp³-hybridized carbons (Fsp3) is 0.190. The number of nitrogens with zero attached hydrogens (tertiary/aromatic N) is 3. The standard InChI is InChI=1S/C21H15F4N3O3/c1-30-17-6-5-13(22)10-15(17)18-26-11-16-19(27-18)31-8-7-28(20(16)29)14-4-2-3-12(9-14)21(23,24)25/h2-6,9-11H,7-8H2,1H3. The lowest BCUT2D eigenvalue weighted by Crippen LogP contribution is -2.32. The van der Waals surface area contributed by atoms with E-state index in [0.29, 0.717) is 5.75 Å². The van der Waals surface area contributed by atoms with Crippen LogP contribution in [-0.2, 0) is 6.18 Å². The number of fused-ring (bicyclic) bond motifs is 1. The molecule has 0 atom stereocenters. The zero-order chi connectivity index (χ0) is 22.2. The van der Waals surface area contributed by atoms with Crippen molar-refractivity contribution in [3.8, 4) is 23.0 Å². The van der Waals surface area contributed by atoms with Gasteiger partial charge in [-0.25, -0.2) is 9.37 Å². The Hall–Kier alpha value is -3.69. The molecule has 4 rings (SSSR count). The number of amides is 1. The number of hydrogen-bond donors (Lipinski definition) is 0. The first-order chi connectivity index (χ1) is 14.8. The Balaban J connectivity index is 1.72. The summed E-state index contributed by atoms with van der Waals surface area (Å²) in [5, 5.41) is 0. The predicted molar refractivity (Wildman–Crippen MR) is 103 cm³/mol. The highest BCUT2D eigenvalue weighted by molar-refractivity contribution is 6.07. The first kappa shape index (κ1) is 20.6. The number of halogens is 4. The number of rotatable bonds is 3. The van der Waals surface area contributed by atoms with Crippen LogP contribution in [0, 0.1) is 5.82 Å². The molecule has 3 aromatic rings. The number of carbonyl (C=O) groups excluding carboxylic acids is 1. The quantitative estimate of drug-likeness (QED) is 0.575. The van der Waals surface area contributed by atoms with Gasteiger partial charge in [-0.3, -0.25) is 4.79 Å². The van der Waals surface area contributed by atoms with E-state index in [4.69, 9.17) is 9.47 Å². The third-order valence-corrected chi connectivity index (χ3v) is 4.67. The molecule has 2 aromatic carbocycles. The summed E-state index contributed by atoms with van der Waals surface area (Å²) in [6.07, 6.45) is -3.34. The Kier molecular flexibility index (Phi) is 5.22. The number of carbonyl (C=O) groups is 1. The number of alkyl halides is 3. The van der Waals surface area contributed by atoms with Crippen LogP contribution >= 0.6 is 0 Å². The van der Waals surface area contributed by atoms with E-state index in [1.165, 1.54) is 48.5 Å². The van der Waals surface area contributed by atoms with Crippen molar-refractivity contribution in [1.29, 1.82) is 0 Å². The van der Waals surface area contributed by atoms with Gasteiger partial charge in [-0.2, -0.15) is 18.2 Å². The average molecular weight is 433 g/mol. The Morgan fingerprint density at radius 3 is 2.68 bits per heavy atom. The second-order valence-corrected chi connectivity index (χ2v) is 6.61. The van der Waals surface area contributed by atoms with Gasteiger partial charge in [0.05, 0.1) is 24.8 Å². The Bertz CT molecular complexity index is 1150. The summed E-state index contributed by atoms with van der Waals surface area (Å²) in [4.78, 5) is 22.5. The zero-order valence-corrected chi connectivity index (χ0v) is 16.1. The topological polar surface area (TPSA) is 64.6 Å². The number of methoxy groups -OCH3 is 1. The molecule has 0 bridgehead atoms. The van der Waals surface area contributed by atoms with Gasteiger partial charge in [0, 0.05) is 11.9 Å². The molecule has 0 saturated carbocycles. The number of benzene rings is 2. The monoisotopic (exact) mass is 433 g/mol.